The molecule has 1 saturated heterocycles. The molecule has 1 aromatic rings. The van der Waals surface area contributed by atoms with Crippen molar-refractivity contribution < 1.29 is 9.80 Å². The number of hydrogen-bond acceptors (Lipinski definition) is 0. The average molecular weight is 272 g/mol. The van der Waals surface area contributed by atoms with E-state index in [0.717, 1.165) is 5.92 Å². The molecule has 2 N–H and O–H groups in total. The molecule has 2 nitrogen and oxygen atoms in total. The SMILES string of the molecule is C1=CC[C@H](C[NH+]2CC[NH+](Cc3ccccc3)CC2)CC1. The fourth-order valence-corrected chi connectivity index (χ4v) is 3.67. The maximum absolute atomic E-state index is 2.39. The van der Waals surface area contributed by atoms with Gasteiger partial charge in [0.1, 0.15) is 32.7 Å². The Bertz CT molecular complexity index is 418. The monoisotopic (exact) mass is 272 g/mol. The van der Waals surface area contributed by atoms with Crippen molar-refractivity contribution in [1.29, 1.82) is 0 Å². The number of nitrogens with one attached hydrogen (secondary N) is 2. The Labute approximate surface area is 123 Å². The van der Waals surface area contributed by atoms with Crippen LogP contribution in [0.5, 0.6) is 0 Å². The maximum atomic E-state index is 2.39. The first-order chi connectivity index (χ1) is 9.90. The second kappa shape index (κ2) is 7.05. The van der Waals surface area contributed by atoms with Gasteiger partial charge in [0, 0.05) is 11.5 Å². The topological polar surface area (TPSA) is 8.88 Å². The molecule has 0 unspecified atom stereocenters. The summed E-state index contributed by atoms with van der Waals surface area (Å²) >= 11 is 0. The van der Waals surface area contributed by atoms with E-state index >= 15 is 0 Å². The lowest BCUT2D eigenvalue weighted by Gasteiger charge is -2.32. The lowest BCUT2D eigenvalue weighted by atomic mass is 9.94. The van der Waals surface area contributed by atoms with E-state index in [-0.39, 0.29) is 0 Å². The van der Waals surface area contributed by atoms with Gasteiger partial charge in [-0.3, -0.25) is 0 Å². The zero-order valence-corrected chi connectivity index (χ0v) is 12.5. The van der Waals surface area contributed by atoms with Gasteiger partial charge in [-0.05, 0) is 19.3 Å². The van der Waals surface area contributed by atoms with E-state index in [2.05, 4.69) is 42.5 Å². The Kier molecular flexibility index (Phi) is 4.88. The molecule has 1 fully saturated rings. The summed E-state index contributed by atoms with van der Waals surface area (Å²) in [4.78, 5) is 3.62. The third-order valence-corrected chi connectivity index (χ3v) is 4.92. The zero-order valence-electron chi connectivity index (χ0n) is 12.5. The number of quaternary nitrogens is 2. The summed E-state index contributed by atoms with van der Waals surface area (Å²) in [6.07, 6.45) is 8.80. The van der Waals surface area contributed by atoms with Gasteiger partial charge in [0.05, 0.1) is 6.54 Å². The van der Waals surface area contributed by atoms with Crippen molar-refractivity contribution >= 4 is 0 Å². The van der Waals surface area contributed by atoms with Crippen LogP contribution in [0.3, 0.4) is 0 Å². The Morgan fingerprint density at radius 3 is 2.35 bits per heavy atom. The number of rotatable bonds is 4. The number of hydrogen-bond donors (Lipinski definition) is 2. The summed E-state index contributed by atoms with van der Waals surface area (Å²) < 4.78 is 0. The normalized spacial score (nSPS) is 30.3. The van der Waals surface area contributed by atoms with Gasteiger partial charge in [0.15, 0.2) is 0 Å². The molecule has 1 atom stereocenters. The van der Waals surface area contributed by atoms with Crippen LogP contribution in [-0.4, -0.2) is 32.7 Å². The molecule has 0 saturated carbocycles. The molecule has 1 aliphatic heterocycles. The first-order valence-corrected chi connectivity index (χ1v) is 8.26. The molecule has 0 radical (unpaired) electrons. The van der Waals surface area contributed by atoms with E-state index in [1.54, 1.807) is 4.90 Å². The summed E-state index contributed by atoms with van der Waals surface area (Å²) in [5.74, 6) is 0.950. The highest BCUT2D eigenvalue weighted by Gasteiger charge is 2.25. The van der Waals surface area contributed by atoms with Gasteiger partial charge in [0.2, 0.25) is 0 Å². The van der Waals surface area contributed by atoms with Crippen LogP contribution in [0.15, 0.2) is 42.5 Å². The van der Waals surface area contributed by atoms with E-state index in [0.29, 0.717) is 0 Å². The van der Waals surface area contributed by atoms with Gasteiger partial charge in [-0.15, -0.1) is 0 Å². The van der Waals surface area contributed by atoms with Crippen LogP contribution in [0.25, 0.3) is 0 Å². The molecule has 1 aliphatic carbocycles. The zero-order chi connectivity index (χ0) is 13.6. The molecule has 0 spiro atoms. The van der Waals surface area contributed by atoms with E-state index in [1.165, 1.54) is 64.1 Å². The lowest BCUT2D eigenvalue weighted by Crippen LogP contribution is -3.27. The van der Waals surface area contributed by atoms with Crippen LogP contribution < -0.4 is 9.80 Å². The van der Waals surface area contributed by atoms with E-state index in [9.17, 15) is 0 Å². The molecule has 2 aliphatic rings. The smallest absolute Gasteiger partial charge is 0.127 e. The number of benzene rings is 1. The summed E-state index contributed by atoms with van der Waals surface area (Å²) in [6.45, 7) is 8.02. The van der Waals surface area contributed by atoms with E-state index < -0.39 is 0 Å². The molecule has 20 heavy (non-hydrogen) atoms. The largest absolute Gasteiger partial charge is 0.325 e. The van der Waals surface area contributed by atoms with Gasteiger partial charge >= 0.3 is 0 Å². The fraction of sp³-hybridized carbons (Fsp3) is 0.556. The summed E-state index contributed by atoms with van der Waals surface area (Å²) in [5, 5.41) is 0. The third kappa shape index (κ3) is 3.94. The molecule has 0 aromatic heterocycles. The third-order valence-electron chi connectivity index (χ3n) is 4.92. The molecule has 2 heteroatoms. The van der Waals surface area contributed by atoms with Crippen LogP contribution in [0.4, 0.5) is 0 Å². The van der Waals surface area contributed by atoms with Gasteiger partial charge < -0.3 is 9.80 Å². The van der Waals surface area contributed by atoms with Gasteiger partial charge in [-0.1, -0.05) is 42.5 Å². The predicted molar refractivity (Wildman–Crippen MR) is 82.9 cm³/mol. The van der Waals surface area contributed by atoms with Crippen molar-refractivity contribution in [1.82, 2.24) is 0 Å². The first kappa shape index (κ1) is 13.8. The van der Waals surface area contributed by atoms with Crippen LogP contribution in [0.1, 0.15) is 24.8 Å². The minimum atomic E-state index is 0.950. The second-order valence-corrected chi connectivity index (χ2v) is 6.52. The van der Waals surface area contributed by atoms with Crippen LogP contribution in [0.2, 0.25) is 0 Å². The summed E-state index contributed by atoms with van der Waals surface area (Å²) in [7, 11) is 0. The Hall–Kier alpha value is -1.12. The first-order valence-electron chi connectivity index (χ1n) is 8.26. The minimum absolute atomic E-state index is 0.950. The Balaban J connectivity index is 1.41. The highest BCUT2D eigenvalue weighted by atomic mass is 15.3. The van der Waals surface area contributed by atoms with Gasteiger partial charge in [0.25, 0.3) is 0 Å². The van der Waals surface area contributed by atoms with Crippen molar-refractivity contribution in [3.05, 3.63) is 48.0 Å². The van der Waals surface area contributed by atoms with Crippen LogP contribution in [0, 0.1) is 5.92 Å². The van der Waals surface area contributed by atoms with Gasteiger partial charge in [-0.25, -0.2) is 0 Å². The van der Waals surface area contributed by atoms with Crippen molar-refractivity contribution in [2.45, 2.75) is 25.8 Å². The van der Waals surface area contributed by atoms with Gasteiger partial charge in [-0.2, -0.15) is 0 Å². The molecular formula is C18H28N2+2. The molecule has 3 rings (SSSR count). The van der Waals surface area contributed by atoms with Crippen molar-refractivity contribution in [3.63, 3.8) is 0 Å². The predicted octanol–water partition coefficient (Wildman–Crippen LogP) is 0.326. The standard InChI is InChI=1S/C18H26N2/c1-3-7-17(8-4-1)15-19-11-13-20(14-12-19)16-18-9-5-2-6-10-18/h1-5,7-8,18H,6,9-16H2/p+2/t18-/m0/s1. The average Bonchev–Trinajstić information content (AvgIpc) is 2.51. The molecule has 1 heterocycles. The Morgan fingerprint density at radius 2 is 1.65 bits per heavy atom. The highest BCUT2D eigenvalue weighted by molar-refractivity contribution is 5.13. The van der Waals surface area contributed by atoms with Crippen LogP contribution in [-0.2, 0) is 6.54 Å². The second-order valence-electron chi connectivity index (χ2n) is 6.52. The van der Waals surface area contributed by atoms with Crippen molar-refractivity contribution in [2.75, 3.05) is 32.7 Å². The fourth-order valence-electron chi connectivity index (χ4n) is 3.67. The highest BCUT2D eigenvalue weighted by Crippen LogP contribution is 2.15. The summed E-state index contributed by atoms with van der Waals surface area (Å²) in [6, 6.07) is 11.0. The molecular weight excluding hydrogens is 244 g/mol. The van der Waals surface area contributed by atoms with Crippen LogP contribution >= 0.6 is 0 Å². The molecule has 0 amide bonds. The van der Waals surface area contributed by atoms with E-state index in [1.807, 2.05) is 4.90 Å². The number of piperazine rings is 1. The summed E-state index contributed by atoms with van der Waals surface area (Å²) in [5.41, 5.74) is 1.49. The molecule has 108 valence electrons. The Morgan fingerprint density at radius 1 is 0.900 bits per heavy atom. The maximum Gasteiger partial charge on any atom is 0.127 e. The lowest BCUT2D eigenvalue weighted by molar-refractivity contribution is -1.02. The van der Waals surface area contributed by atoms with Crippen molar-refractivity contribution in [2.24, 2.45) is 5.92 Å². The molecule has 1 aromatic carbocycles. The van der Waals surface area contributed by atoms with E-state index in [4.69, 9.17) is 0 Å². The minimum Gasteiger partial charge on any atom is -0.325 e. The molecule has 0 bridgehead atoms. The van der Waals surface area contributed by atoms with Crippen molar-refractivity contribution in [3.8, 4) is 0 Å². The quantitative estimate of drug-likeness (QED) is 0.731. The number of allylic oxidation sites excluding steroid dienone is 2.